The molecule has 0 fully saturated rings. The lowest BCUT2D eigenvalue weighted by atomic mass is 9.95. The average molecular weight is 588 g/mol. The SMILES string of the molecule is CCOC(=O)C1=C(C)N=c2s/c(=C/c3ccc(I)cc3)c(=O)n2[C@H]1c1ccccc1OC(C)C. The molecule has 4 rings (SSSR count). The Morgan fingerprint density at radius 2 is 1.91 bits per heavy atom. The number of allylic oxidation sites excluding steroid dienone is 1. The maximum Gasteiger partial charge on any atom is 0.338 e. The van der Waals surface area contributed by atoms with Crippen molar-refractivity contribution in [2.45, 2.75) is 39.8 Å². The van der Waals surface area contributed by atoms with E-state index in [1.165, 1.54) is 11.3 Å². The first-order chi connectivity index (χ1) is 16.3. The van der Waals surface area contributed by atoms with Crippen LogP contribution in [0.15, 0.2) is 69.6 Å². The van der Waals surface area contributed by atoms with Crippen molar-refractivity contribution in [3.63, 3.8) is 0 Å². The molecule has 1 atom stereocenters. The number of aromatic nitrogens is 1. The first-order valence-electron chi connectivity index (χ1n) is 11.0. The Bertz CT molecular complexity index is 1430. The fraction of sp³-hybridized carbons (Fsp3) is 0.269. The minimum atomic E-state index is -0.705. The van der Waals surface area contributed by atoms with Crippen LogP contribution in [-0.4, -0.2) is 23.2 Å². The van der Waals surface area contributed by atoms with Gasteiger partial charge < -0.3 is 9.47 Å². The summed E-state index contributed by atoms with van der Waals surface area (Å²) in [6.07, 6.45) is 1.78. The highest BCUT2D eigenvalue weighted by Gasteiger charge is 2.35. The van der Waals surface area contributed by atoms with E-state index in [-0.39, 0.29) is 18.3 Å². The molecule has 2 heterocycles. The highest BCUT2D eigenvalue weighted by Crippen LogP contribution is 2.36. The standard InChI is InChI=1S/C26H25IN2O4S/c1-5-32-25(31)22-16(4)28-26-29(23(22)19-8-6-7-9-20(19)33-15(2)3)24(30)21(34-26)14-17-10-12-18(27)13-11-17/h6-15,23H,5H2,1-4H3/b21-14+/t23-/m0/s1. The van der Waals surface area contributed by atoms with Gasteiger partial charge in [-0.3, -0.25) is 9.36 Å². The van der Waals surface area contributed by atoms with Crippen LogP contribution in [0.25, 0.3) is 6.08 Å². The third-order valence-electron chi connectivity index (χ3n) is 5.26. The highest BCUT2D eigenvalue weighted by molar-refractivity contribution is 14.1. The lowest BCUT2D eigenvalue weighted by Crippen LogP contribution is -2.40. The lowest BCUT2D eigenvalue weighted by molar-refractivity contribution is -0.139. The molecule has 34 heavy (non-hydrogen) atoms. The molecule has 8 heteroatoms. The molecule has 0 saturated carbocycles. The van der Waals surface area contributed by atoms with Gasteiger partial charge >= 0.3 is 5.97 Å². The van der Waals surface area contributed by atoms with Gasteiger partial charge in [0.1, 0.15) is 11.8 Å². The second-order valence-corrected chi connectivity index (χ2v) is 10.3. The topological polar surface area (TPSA) is 69.9 Å². The van der Waals surface area contributed by atoms with Gasteiger partial charge in [0, 0.05) is 9.13 Å². The molecule has 0 aliphatic carbocycles. The first kappa shape index (κ1) is 24.4. The van der Waals surface area contributed by atoms with Crippen LogP contribution < -0.4 is 19.6 Å². The molecule has 6 nitrogen and oxygen atoms in total. The van der Waals surface area contributed by atoms with E-state index in [9.17, 15) is 9.59 Å². The summed E-state index contributed by atoms with van der Waals surface area (Å²) in [5.74, 6) is 0.131. The maximum absolute atomic E-state index is 13.7. The van der Waals surface area contributed by atoms with Crippen molar-refractivity contribution in [1.29, 1.82) is 0 Å². The number of para-hydroxylation sites is 1. The zero-order chi connectivity index (χ0) is 24.4. The van der Waals surface area contributed by atoms with E-state index < -0.39 is 12.0 Å². The number of esters is 1. The van der Waals surface area contributed by atoms with Crippen molar-refractivity contribution in [2.24, 2.45) is 4.99 Å². The molecular weight excluding hydrogens is 563 g/mol. The summed E-state index contributed by atoms with van der Waals surface area (Å²) in [6, 6.07) is 14.7. The molecule has 0 N–H and O–H groups in total. The van der Waals surface area contributed by atoms with Gasteiger partial charge in [0.25, 0.3) is 5.56 Å². The molecule has 3 aromatic rings. The molecule has 1 aromatic heterocycles. The molecule has 0 unspecified atom stereocenters. The number of carbonyl (C=O) groups excluding carboxylic acids is 1. The van der Waals surface area contributed by atoms with E-state index in [4.69, 9.17) is 9.47 Å². The van der Waals surface area contributed by atoms with Gasteiger partial charge in [0.05, 0.1) is 28.5 Å². The number of carbonyl (C=O) groups is 1. The van der Waals surface area contributed by atoms with Crippen molar-refractivity contribution in [3.05, 3.63) is 94.2 Å². The van der Waals surface area contributed by atoms with Crippen molar-refractivity contribution in [3.8, 4) is 5.75 Å². The van der Waals surface area contributed by atoms with Gasteiger partial charge in [-0.1, -0.05) is 41.7 Å². The highest BCUT2D eigenvalue weighted by atomic mass is 127. The lowest BCUT2D eigenvalue weighted by Gasteiger charge is -2.26. The second-order valence-electron chi connectivity index (χ2n) is 8.06. The number of ether oxygens (including phenoxy) is 2. The Hall–Kier alpha value is -2.72. The maximum atomic E-state index is 13.7. The summed E-state index contributed by atoms with van der Waals surface area (Å²) in [4.78, 5) is 31.9. The van der Waals surface area contributed by atoms with Crippen LogP contribution in [0.2, 0.25) is 0 Å². The van der Waals surface area contributed by atoms with Gasteiger partial charge in [-0.25, -0.2) is 9.79 Å². The van der Waals surface area contributed by atoms with Crippen LogP contribution >= 0.6 is 33.9 Å². The summed E-state index contributed by atoms with van der Waals surface area (Å²) in [5, 5.41) is 0. The quantitative estimate of drug-likeness (QED) is 0.320. The number of benzene rings is 2. The number of nitrogens with zero attached hydrogens (tertiary/aromatic N) is 2. The predicted octanol–water partition coefficient (Wildman–Crippen LogP) is 4.19. The molecule has 0 amide bonds. The Balaban J connectivity index is 1.97. The van der Waals surface area contributed by atoms with E-state index in [2.05, 4.69) is 27.6 Å². The molecule has 0 saturated heterocycles. The normalized spacial score (nSPS) is 15.8. The van der Waals surface area contributed by atoms with Gasteiger partial charge in [-0.2, -0.15) is 0 Å². The number of hydrogen-bond acceptors (Lipinski definition) is 6. The van der Waals surface area contributed by atoms with E-state index in [1.807, 2.05) is 68.5 Å². The van der Waals surface area contributed by atoms with Crippen LogP contribution in [-0.2, 0) is 9.53 Å². The van der Waals surface area contributed by atoms with Crippen molar-refractivity contribution < 1.29 is 14.3 Å². The van der Waals surface area contributed by atoms with Crippen molar-refractivity contribution >= 4 is 46.0 Å². The molecule has 0 radical (unpaired) electrons. The van der Waals surface area contributed by atoms with E-state index in [1.54, 1.807) is 18.4 Å². The van der Waals surface area contributed by atoms with Gasteiger partial charge in [-0.05, 0) is 80.1 Å². The minimum Gasteiger partial charge on any atom is -0.491 e. The summed E-state index contributed by atoms with van der Waals surface area (Å²) in [6.45, 7) is 7.65. The van der Waals surface area contributed by atoms with Crippen LogP contribution in [0, 0.1) is 3.57 Å². The predicted molar refractivity (Wildman–Crippen MR) is 142 cm³/mol. The zero-order valence-corrected chi connectivity index (χ0v) is 22.3. The Labute approximate surface area is 215 Å². The Morgan fingerprint density at radius 1 is 1.21 bits per heavy atom. The first-order valence-corrected chi connectivity index (χ1v) is 12.9. The van der Waals surface area contributed by atoms with Crippen LogP contribution in [0.4, 0.5) is 0 Å². The third-order valence-corrected chi connectivity index (χ3v) is 6.96. The monoisotopic (exact) mass is 588 g/mol. The third kappa shape index (κ3) is 4.88. The molecule has 1 aliphatic heterocycles. The fourth-order valence-electron chi connectivity index (χ4n) is 3.86. The number of rotatable bonds is 6. The molecule has 0 spiro atoms. The summed E-state index contributed by atoms with van der Waals surface area (Å²) in [7, 11) is 0. The number of hydrogen-bond donors (Lipinski definition) is 0. The second kappa shape index (κ2) is 10.3. The van der Waals surface area contributed by atoms with E-state index in [0.717, 1.165) is 14.7 Å². The van der Waals surface area contributed by atoms with Gasteiger partial charge in [-0.15, -0.1) is 0 Å². The number of thiazole rings is 1. The summed E-state index contributed by atoms with van der Waals surface area (Å²) < 4.78 is 14.7. The summed E-state index contributed by atoms with van der Waals surface area (Å²) in [5.41, 5.74) is 2.31. The molecule has 1 aliphatic rings. The Kier molecular flexibility index (Phi) is 7.37. The molecule has 2 aromatic carbocycles. The minimum absolute atomic E-state index is 0.0750. The summed E-state index contributed by atoms with van der Waals surface area (Å²) >= 11 is 3.56. The number of halogens is 1. The van der Waals surface area contributed by atoms with Crippen LogP contribution in [0.5, 0.6) is 5.75 Å². The smallest absolute Gasteiger partial charge is 0.338 e. The van der Waals surface area contributed by atoms with Crippen molar-refractivity contribution in [2.75, 3.05) is 6.61 Å². The van der Waals surface area contributed by atoms with Crippen LogP contribution in [0.3, 0.4) is 0 Å². The number of fused-ring (bicyclic) bond motifs is 1. The fourth-order valence-corrected chi connectivity index (χ4v) is 5.27. The Morgan fingerprint density at radius 3 is 2.59 bits per heavy atom. The molecule has 176 valence electrons. The largest absolute Gasteiger partial charge is 0.491 e. The zero-order valence-electron chi connectivity index (χ0n) is 19.4. The molecule has 0 bridgehead atoms. The van der Waals surface area contributed by atoms with Gasteiger partial charge in [0.15, 0.2) is 4.80 Å². The van der Waals surface area contributed by atoms with Gasteiger partial charge in [0.2, 0.25) is 0 Å². The molecular formula is C26H25IN2O4S. The average Bonchev–Trinajstić information content (AvgIpc) is 3.09. The van der Waals surface area contributed by atoms with Crippen molar-refractivity contribution in [1.82, 2.24) is 4.57 Å². The van der Waals surface area contributed by atoms with Crippen LogP contribution in [0.1, 0.15) is 44.9 Å². The van der Waals surface area contributed by atoms with E-state index >= 15 is 0 Å². The van der Waals surface area contributed by atoms with E-state index in [0.29, 0.717) is 26.4 Å².